The Labute approximate surface area is 103 Å². The number of ether oxygens (including phenoxy) is 1. The maximum absolute atomic E-state index is 5.90. The average Bonchev–Trinajstić information content (AvgIpc) is 2.72. The molecule has 0 atom stereocenters. The van der Waals surface area contributed by atoms with Gasteiger partial charge in [-0.05, 0) is 6.92 Å². The molecule has 1 aliphatic heterocycles. The first-order valence-corrected chi connectivity index (χ1v) is 6.21. The number of nitrogens with zero attached hydrogens (tertiary/aromatic N) is 3. The van der Waals surface area contributed by atoms with E-state index < -0.39 is 0 Å². The van der Waals surface area contributed by atoms with E-state index in [1.807, 2.05) is 6.92 Å². The Balaban J connectivity index is 2.06. The Bertz CT molecular complexity index is 543. The molecule has 2 aromatic heterocycles. The second kappa shape index (κ2) is 4.05. The number of hydrogen-bond acceptors (Lipinski definition) is 6. The van der Waals surface area contributed by atoms with Crippen LogP contribution < -0.4 is 5.73 Å². The van der Waals surface area contributed by atoms with Crippen LogP contribution in [-0.4, -0.2) is 21.6 Å². The lowest BCUT2D eigenvalue weighted by Crippen LogP contribution is -2.07. The molecule has 2 aromatic rings. The molecule has 0 saturated carbocycles. The fraction of sp³-hybridized carbons (Fsp3) is 0.364. The molecule has 0 aliphatic carbocycles. The van der Waals surface area contributed by atoms with Gasteiger partial charge >= 0.3 is 0 Å². The Morgan fingerprint density at radius 3 is 3.06 bits per heavy atom. The third-order valence-electron chi connectivity index (χ3n) is 2.66. The number of hydrogen-bond donors (Lipinski definition) is 1. The lowest BCUT2D eigenvalue weighted by atomic mass is 10.2. The largest absolute Gasteiger partial charge is 0.383 e. The molecule has 0 aromatic carbocycles. The molecule has 0 spiro atoms. The summed E-state index contributed by atoms with van der Waals surface area (Å²) in [5.74, 6) is 1.17. The van der Waals surface area contributed by atoms with Crippen LogP contribution >= 0.6 is 11.3 Å². The van der Waals surface area contributed by atoms with Crippen LogP contribution in [0, 0.1) is 6.92 Å². The molecular formula is C11H12N4OS. The van der Waals surface area contributed by atoms with E-state index in [4.69, 9.17) is 10.5 Å². The maximum Gasteiger partial charge on any atom is 0.137 e. The minimum Gasteiger partial charge on any atom is -0.383 e. The Morgan fingerprint density at radius 1 is 1.41 bits per heavy atom. The molecule has 0 bridgehead atoms. The highest BCUT2D eigenvalue weighted by Gasteiger charge is 2.18. The number of fused-ring (bicyclic) bond motifs is 1. The summed E-state index contributed by atoms with van der Waals surface area (Å²) in [4.78, 5) is 14.1. The van der Waals surface area contributed by atoms with E-state index in [2.05, 4.69) is 15.0 Å². The van der Waals surface area contributed by atoms with Gasteiger partial charge < -0.3 is 10.5 Å². The van der Waals surface area contributed by atoms with Gasteiger partial charge in [0.1, 0.15) is 16.6 Å². The van der Waals surface area contributed by atoms with Crippen LogP contribution in [0.1, 0.15) is 16.4 Å². The van der Waals surface area contributed by atoms with Gasteiger partial charge in [0, 0.05) is 12.6 Å². The van der Waals surface area contributed by atoms with Crippen LogP contribution in [-0.2, 0) is 17.8 Å². The molecule has 88 valence electrons. The Hall–Kier alpha value is -1.53. The quantitative estimate of drug-likeness (QED) is 0.829. The van der Waals surface area contributed by atoms with E-state index in [1.165, 1.54) is 4.88 Å². The normalized spacial score (nSPS) is 14.6. The lowest BCUT2D eigenvalue weighted by molar-refractivity contribution is 0.112. The van der Waals surface area contributed by atoms with E-state index in [9.17, 15) is 0 Å². The van der Waals surface area contributed by atoms with Crippen LogP contribution in [0.5, 0.6) is 0 Å². The number of aryl methyl sites for hydroxylation is 1. The summed E-state index contributed by atoms with van der Waals surface area (Å²) in [5, 5.41) is 0.887. The standard InChI is InChI=1S/C11H12N4OS/c1-6-13-4-7(10(12)14-6)11-15-8-2-3-16-5-9(8)17-11/h4H,2-3,5H2,1H3,(H2,12,13,14). The van der Waals surface area contributed by atoms with Gasteiger partial charge in [-0.25, -0.2) is 15.0 Å². The molecule has 5 nitrogen and oxygen atoms in total. The van der Waals surface area contributed by atoms with Crippen molar-refractivity contribution in [3.05, 3.63) is 22.6 Å². The first-order valence-electron chi connectivity index (χ1n) is 5.40. The summed E-state index contributed by atoms with van der Waals surface area (Å²) in [6.07, 6.45) is 2.61. The van der Waals surface area contributed by atoms with E-state index in [0.717, 1.165) is 29.3 Å². The summed E-state index contributed by atoms with van der Waals surface area (Å²) in [5.41, 5.74) is 7.83. The number of anilines is 1. The number of thiazole rings is 1. The summed E-state index contributed by atoms with van der Waals surface area (Å²) in [7, 11) is 0. The lowest BCUT2D eigenvalue weighted by Gasteiger charge is -2.08. The van der Waals surface area contributed by atoms with E-state index >= 15 is 0 Å². The van der Waals surface area contributed by atoms with Gasteiger partial charge in [-0.3, -0.25) is 0 Å². The molecule has 0 saturated heterocycles. The van der Waals surface area contributed by atoms with E-state index in [-0.39, 0.29) is 0 Å². The predicted octanol–water partition coefficient (Wildman–Crippen LogP) is 1.56. The predicted molar refractivity (Wildman–Crippen MR) is 65.6 cm³/mol. The highest BCUT2D eigenvalue weighted by Crippen LogP contribution is 2.32. The van der Waals surface area contributed by atoms with Gasteiger partial charge in [-0.15, -0.1) is 11.3 Å². The minimum atomic E-state index is 0.490. The van der Waals surface area contributed by atoms with Crippen molar-refractivity contribution in [2.24, 2.45) is 0 Å². The summed E-state index contributed by atoms with van der Waals surface area (Å²) < 4.78 is 5.40. The molecule has 6 heteroatoms. The van der Waals surface area contributed by atoms with Gasteiger partial charge in [0.2, 0.25) is 0 Å². The van der Waals surface area contributed by atoms with Gasteiger partial charge in [0.15, 0.2) is 0 Å². The van der Waals surface area contributed by atoms with Crippen molar-refractivity contribution in [3.63, 3.8) is 0 Å². The third kappa shape index (κ3) is 1.89. The zero-order valence-electron chi connectivity index (χ0n) is 9.43. The summed E-state index contributed by atoms with van der Waals surface area (Å²) >= 11 is 1.61. The highest BCUT2D eigenvalue weighted by molar-refractivity contribution is 7.15. The minimum absolute atomic E-state index is 0.490. The summed E-state index contributed by atoms with van der Waals surface area (Å²) in [6.45, 7) is 3.22. The van der Waals surface area contributed by atoms with E-state index in [1.54, 1.807) is 17.5 Å². The zero-order chi connectivity index (χ0) is 11.8. The first-order chi connectivity index (χ1) is 8.24. The van der Waals surface area contributed by atoms with Crippen LogP contribution in [0.25, 0.3) is 10.6 Å². The number of rotatable bonds is 1. The number of nitrogen functional groups attached to an aromatic ring is 1. The van der Waals surface area contributed by atoms with Crippen LogP contribution in [0.4, 0.5) is 5.82 Å². The first kappa shape index (κ1) is 10.6. The molecule has 0 amide bonds. The smallest absolute Gasteiger partial charge is 0.137 e. The highest BCUT2D eigenvalue weighted by atomic mass is 32.1. The molecule has 3 heterocycles. The van der Waals surface area contributed by atoms with Crippen molar-refractivity contribution >= 4 is 17.2 Å². The molecule has 17 heavy (non-hydrogen) atoms. The SMILES string of the molecule is Cc1ncc(-c2nc3c(s2)COCC3)c(N)n1. The summed E-state index contributed by atoms with van der Waals surface area (Å²) in [6, 6.07) is 0. The average molecular weight is 248 g/mol. The van der Waals surface area contributed by atoms with Gasteiger partial charge in [-0.1, -0.05) is 0 Å². The molecule has 0 radical (unpaired) electrons. The molecule has 3 rings (SSSR count). The van der Waals surface area contributed by atoms with E-state index in [0.29, 0.717) is 18.2 Å². The van der Waals surface area contributed by atoms with Gasteiger partial charge in [-0.2, -0.15) is 0 Å². The van der Waals surface area contributed by atoms with Gasteiger partial charge in [0.05, 0.1) is 29.3 Å². The van der Waals surface area contributed by atoms with Crippen molar-refractivity contribution in [1.29, 1.82) is 0 Å². The van der Waals surface area contributed by atoms with Crippen LogP contribution in [0.15, 0.2) is 6.20 Å². The van der Waals surface area contributed by atoms with Crippen molar-refractivity contribution in [2.75, 3.05) is 12.3 Å². The second-order valence-electron chi connectivity index (χ2n) is 3.91. The molecule has 0 unspecified atom stereocenters. The second-order valence-corrected chi connectivity index (χ2v) is 4.99. The fourth-order valence-corrected chi connectivity index (χ4v) is 2.86. The fourth-order valence-electron chi connectivity index (χ4n) is 1.79. The topological polar surface area (TPSA) is 73.9 Å². The third-order valence-corrected chi connectivity index (χ3v) is 3.77. The number of nitrogens with two attached hydrogens (primary N) is 1. The van der Waals surface area contributed by atoms with Crippen LogP contribution in [0.3, 0.4) is 0 Å². The molecule has 0 fully saturated rings. The van der Waals surface area contributed by atoms with Crippen LogP contribution in [0.2, 0.25) is 0 Å². The monoisotopic (exact) mass is 248 g/mol. The maximum atomic E-state index is 5.90. The molecule has 2 N–H and O–H groups in total. The van der Waals surface area contributed by atoms with Crippen molar-refractivity contribution < 1.29 is 4.74 Å². The van der Waals surface area contributed by atoms with Crippen molar-refractivity contribution in [3.8, 4) is 10.6 Å². The zero-order valence-corrected chi connectivity index (χ0v) is 10.3. The molecule has 1 aliphatic rings. The Morgan fingerprint density at radius 2 is 2.29 bits per heavy atom. The van der Waals surface area contributed by atoms with Crippen molar-refractivity contribution in [1.82, 2.24) is 15.0 Å². The molecular weight excluding hydrogens is 236 g/mol. The van der Waals surface area contributed by atoms with Gasteiger partial charge in [0.25, 0.3) is 0 Å². The van der Waals surface area contributed by atoms with Crippen molar-refractivity contribution in [2.45, 2.75) is 20.0 Å². The number of aromatic nitrogens is 3. The Kier molecular flexibility index (Phi) is 2.53.